The molecule has 3 heterocycles. The average Bonchev–Trinajstić information content (AvgIpc) is 2.72. The van der Waals surface area contributed by atoms with Crippen LogP contribution in [0.4, 0.5) is 0 Å². The molecule has 3 aliphatic rings. The minimum atomic E-state index is -0.567. The first kappa shape index (κ1) is 18.9. The summed E-state index contributed by atoms with van der Waals surface area (Å²) in [7, 11) is 0. The van der Waals surface area contributed by atoms with E-state index in [2.05, 4.69) is 31.9 Å². The van der Waals surface area contributed by atoms with E-state index in [1.807, 2.05) is 18.2 Å². The topological polar surface area (TPSA) is 106 Å². The summed E-state index contributed by atoms with van der Waals surface area (Å²) in [5.41, 5.74) is 0.967. The molecule has 0 aromatic rings. The molecule has 0 bridgehead atoms. The number of amides is 2. The van der Waals surface area contributed by atoms with Gasteiger partial charge in [0.15, 0.2) is 0 Å². The molecule has 0 aromatic carbocycles. The summed E-state index contributed by atoms with van der Waals surface area (Å²) in [6.07, 6.45) is 9.39. The molecule has 0 spiro atoms. The van der Waals surface area contributed by atoms with E-state index in [0.717, 1.165) is 25.2 Å². The van der Waals surface area contributed by atoms with Gasteiger partial charge in [-0.2, -0.15) is 0 Å². The highest BCUT2D eigenvalue weighted by atomic mass is 16.2. The van der Waals surface area contributed by atoms with Crippen LogP contribution >= 0.6 is 0 Å². The van der Waals surface area contributed by atoms with E-state index in [-0.39, 0.29) is 11.8 Å². The van der Waals surface area contributed by atoms with Crippen LogP contribution in [0.2, 0.25) is 0 Å². The second-order valence-electron chi connectivity index (χ2n) is 6.97. The molecule has 0 radical (unpaired) electrons. The maximum absolute atomic E-state index is 12.6. The largest absolute Gasteiger partial charge is 0.383 e. The van der Waals surface area contributed by atoms with Crippen molar-refractivity contribution >= 4 is 11.8 Å². The Morgan fingerprint density at radius 3 is 2.42 bits per heavy atom. The Labute approximate surface area is 154 Å². The van der Waals surface area contributed by atoms with Crippen molar-refractivity contribution in [3.63, 3.8) is 0 Å². The monoisotopic (exact) mass is 362 g/mol. The minimum Gasteiger partial charge on any atom is -0.383 e. The van der Waals surface area contributed by atoms with Crippen LogP contribution in [-0.2, 0) is 9.59 Å². The SMILES string of the molecule is O=C(NCC1=CC=CCN1)C1NCCNC1C(=O)NCC1CCCCN1. The summed E-state index contributed by atoms with van der Waals surface area (Å²) in [6, 6.07) is -0.794. The number of piperidine rings is 1. The van der Waals surface area contributed by atoms with Gasteiger partial charge < -0.3 is 31.9 Å². The smallest absolute Gasteiger partial charge is 0.239 e. The molecule has 8 nitrogen and oxygen atoms in total. The van der Waals surface area contributed by atoms with Gasteiger partial charge in [0, 0.05) is 37.9 Å². The lowest BCUT2D eigenvalue weighted by Crippen LogP contribution is -2.67. The third-order valence-electron chi connectivity index (χ3n) is 5.02. The molecule has 6 N–H and O–H groups in total. The summed E-state index contributed by atoms with van der Waals surface area (Å²) in [5, 5.41) is 18.9. The van der Waals surface area contributed by atoms with Crippen molar-refractivity contribution in [1.29, 1.82) is 0 Å². The van der Waals surface area contributed by atoms with Crippen molar-refractivity contribution in [3.8, 4) is 0 Å². The molecular formula is C18H30N6O2. The van der Waals surface area contributed by atoms with Crippen molar-refractivity contribution in [1.82, 2.24) is 31.9 Å². The second-order valence-corrected chi connectivity index (χ2v) is 6.97. The van der Waals surface area contributed by atoms with Crippen LogP contribution in [0.15, 0.2) is 23.9 Å². The molecule has 144 valence electrons. The molecule has 8 heteroatoms. The first-order chi connectivity index (χ1) is 12.7. The van der Waals surface area contributed by atoms with E-state index in [0.29, 0.717) is 32.2 Å². The number of carbonyl (C=O) groups is 2. The summed E-state index contributed by atoms with van der Waals surface area (Å²) in [6.45, 7) is 4.14. The standard InChI is InChI=1S/C18H30N6O2/c25-17(23-11-13-5-1-3-7-19-13)15-16(22-10-9-21-15)18(26)24-12-14-6-2-4-8-20-14/h1,3,5,14-16,19-22H,2,4,6-12H2,(H,23,25)(H,24,26). The van der Waals surface area contributed by atoms with E-state index in [1.165, 1.54) is 12.8 Å². The van der Waals surface area contributed by atoms with E-state index >= 15 is 0 Å². The van der Waals surface area contributed by atoms with Gasteiger partial charge in [0.25, 0.3) is 0 Å². The van der Waals surface area contributed by atoms with Gasteiger partial charge in [-0.3, -0.25) is 9.59 Å². The van der Waals surface area contributed by atoms with Crippen LogP contribution < -0.4 is 31.9 Å². The maximum atomic E-state index is 12.6. The third kappa shape index (κ3) is 5.30. The van der Waals surface area contributed by atoms with Gasteiger partial charge in [-0.05, 0) is 25.5 Å². The highest BCUT2D eigenvalue weighted by molar-refractivity contribution is 5.92. The molecule has 0 saturated carbocycles. The third-order valence-corrected chi connectivity index (χ3v) is 5.02. The van der Waals surface area contributed by atoms with Crippen molar-refractivity contribution < 1.29 is 9.59 Å². The summed E-state index contributed by atoms with van der Waals surface area (Å²) in [5.74, 6) is -0.284. The fraction of sp³-hybridized carbons (Fsp3) is 0.667. The fourth-order valence-electron chi connectivity index (χ4n) is 3.53. The lowest BCUT2D eigenvalue weighted by Gasteiger charge is -2.32. The normalized spacial score (nSPS) is 28.6. The molecule has 2 saturated heterocycles. The van der Waals surface area contributed by atoms with E-state index in [4.69, 9.17) is 0 Å². The van der Waals surface area contributed by atoms with Gasteiger partial charge in [0.05, 0.1) is 6.54 Å². The van der Waals surface area contributed by atoms with E-state index in [1.54, 1.807) is 0 Å². The number of hydrogen-bond acceptors (Lipinski definition) is 6. The first-order valence-electron chi connectivity index (χ1n) is 9.59. The summed E-state index contributed by atoms with van der Waals surface area (Å²) >= 11 is 0. The number of dihydropyridines is 1. The molecule has 0 aromatic heterocycles. The van der Waals surface area contributed by atoms with Crippen molar-refractivity contribution in [3.05, 3.63) is 23.9 Å². The Kier molecular flexibility index (Phi) is 7.04. The lowest BCUT2D eigenvalue weighted by molar-refractivity contribution is -0.131. The van der Waals surface area contributed by atoms with Crippen molar-refractivity contribution in [2.24, 2.45) is 0 Å². The zero-order valence-electron chi connectivity index (χ0n) is 15.1. The Morgan fingerprint density at radius 2 is 1.77 bits per heavy atom. The molecule has 3 unspecified atom stereocenters. The molecule has 2 amide bonds. The molecule has 0 aliphatic carbocycles. The Morgan fingerprint density at radius 1 is 1.00 bits per heavy atom. The molecule has 26 heavy (non-hydrogen) atoms. The quantitative estimate of drug-likeness (QED) is 0.338. The van der Waals surface area contributed by atoms with E-state index < -0.39 is 12.1 Å². The van der Waals surface area contributed by atoms with Gasteiger partial charge in [-0.1, -0.05) is 18.6 Å². The molecule has 3 rings (SSSR count). The van der Waals surface area contributed by atoms with E-state index in [9.17, 15) is 9.59 Å². The predicted octanol–water partition coefficient (Wildman–Crippen LogP) is -1.67. The van der Waals surface area contributed by atoms with Crippen LogP contribution in [0.3, 0.4) is 0 Å². The maximum Gasteiger partial charge on any atom is 0.239 e. The number of hydrogen-bond donors (Lipinski definition) is 6. The lowest BCUT2D eigenvalue weighted by atomic mass is 10.0. The van der Waals surface area contributed by atoms with Crippen LogP contribution in [0, 0.1) is 0 Å². The summed E-state index contributed by atoms with van der Waals surface area (Å²) in [4.78, 5) is 25.2. The highest BCUT2D eigenvalue weighted by Crippen LogP contribution is 2.06. The molecule has 3 atom stereocenters. The number of rotatable bonds is 6. The Hall–Kier alpha value is -1.90. The number of carbonyl (C=O) groups excluding carboxylic acids is 2. The number of piperazine rings is 1. The minimum absolute atomic E-state index is 0.123. The fourth-order valence-corrected chi connectivity index (χ4v) is 3.53. The van der Waals surface area contributed by atoms with Gasteiger partial charge in [-0.15, -0.1) is 0 Å². The average molecular weight is 362 g/mol. The van der Waals surface area contributed by atoms with Gasteiger partial charge >= 0.3 is 0 Å². The Balaban J connectivity index is 1.49. The van der Waals surface area contributed by atoms with Crippen molar-refractivity contribution in [2.45, 2.75) is 37.4 Å². The van der Waals surface area contributed by atoms with Crippen LogP contribution in [-0.4, -0.2) is 69.2 Å². The van der Waals surface area contributed by atoms with Crippen LogP contribution in [0.25, 0.3) is 0 Å². The predicted molar refractivity (Wildman–Crippen MR) is 100 cm³/mol. The highest BCUT2D eigenvalue weighted by Gasteiger charge is 2.35. The molecule has 3 aliphatic heterocycles. The number of allylic oxidation sites excluding steroid dienone is 2. The molecule has 2 fully saturated rings. The zero-order valence-corrected chi connectivity index (χ0v) is 15.1. The van der Waals surface area contributed by atoms with Gasteiger partial charge in [0.2, 0.25) is 11.8 Å². The first-order valence-corrected chi connectivity index (χ1v) is 9.59. The molecular weight excluding hydrogens is 332 g/mol. The second kappa shape index (κ2) is 9.70. The van der Waals surface area contributed by atoms with Crippen molar-refractivity contribution in [2.75, 3.05) is 39.3 Å². The zero-order chi connectivity index (χ0) is 18.2. The van der Waals surface area contributed by atoms with Gasteiger partial charge in [0.1, 0.15) is 12.1 Å². The number of nitrogens with one attached hydrogen (secondary N) is 6. The Bertz CT molecular complexity index is 556. The summed E-state index contributed by atoms with van der Waals surface area (Å²) < 4.78 is 0. The van der Waals surface area contributed by atoms with Gasteiger partial charge in [-0.25, -0.2) is 0 Å². The van der Waals surface area contributed by atoms with Crippen LogP contribution in [0.5, 0.6) is 0 Å². The van der Waals surface area contributed by atoms with Crippen LogP contribution in [0.1, 0.15) is 19.3 Å².